The number of methoxy groups -OCH3 is 1. The van der Waals surface area contributed by atoms with Crippen LogP contribution in [0.4, 0.5) is 0 Å². The first-order valence-corrected chi connectivity index (χ1v) is 7.44. The molecule has 2 nitrogen and oxygen atoms in total. The van der Waals surface area contributed by atoms with Gasteiger partial charge in [0.1, 0.15) is 5.75 Å². The second-order valence-corrected chi connectivity index (χ2v) is 5.59. The maximum Gasteiger partial charge on any atom is 0.126 e. The van der Waals surface area contributed by atoms with E-state index >= 15 is 0 Å². The molecule has 0 bridgehead atoms. The number of rotatable bonds is 5. The van der Waals surface area contributed by atoms with Gasteiger partial charge in [0.25, 0.3) is 0 Å². The first-order valence-electron chi connectivity index (χ1n) is 6.49. The van der Waals surface area contributed by atoms with Gasteiger partial charge in [0.15, 0.2) is 0 Å². The molecule has 1 atom stereocenters. The normalized spacial score (nSPS) is 12.4. The molecule has 2 aromatic rings. The van der Waals surface area contributed by atoms with Crippen LogP contribution in [0.3, 0.4) is 0 Å². The average molecular weight is 275 g/mol. The summed E-state index contributed by atoms with van der Waals surface area (Å²) < 4.78 is 5.62. The van der Waals surface area contributed by atoms with Gasteiger partial charge >= 0.3 is 0 Å². The molecule has 0 saturated carbocycles. The number of likely N-dealkylation sites (N-methyl/N-ethyl adjacent to an activating group) is 1. The molecule has 1 unspecified atom stereocenters. The Morgan fingerprint density at radius 1 is 1.26 bits per heavy atom. The summed E-state index contributed by atoms with van der Waals surface area (Å²) >= 11 is 1.74. The minimum Gasteiger partial charge on any atom is -0.496 e. The van der Waals surface area contributed by atoms with Crippen molar-refractivity contribution in [2.75, 3.05) is 14.2 Å². The van der Waals surface area contributed by atoms with E-state index in [0.717, 1.165) is 12.2 Å². The van der Waals surface area contributed by atoms with E-state index in [2.05, 4.69) is 48.1 Å². The first kappa shape index (κ1) is 14.1. The molecule has 0 spiro atoms. The smallest absolute Gasteiger partial charge is 0.126 e. The molecule has 0 fully saturated rings. The van der Waals surface area contributed by atoms with Crippen molar-refractivity contribution in [3.63, 3.8) is 0 Å². The van der Waals surface area contributed by atoms with E-state index in [1.165, 1.54) is 22.3 Å². The molecular formula is C16H21NOS. The highest BCUT2D eigenvalue weighted by molar-refractivity contribution is 7.07. The zero-order valence-corrected chi connectivity index (χ0v) is 12.8. The lowest BCUT2D eigenvalue weighted by Crippen LogP contribution is -2.19. The third kappa shape index (κ3) is 2.99. The maximum atomic E-state index is 5.62. The van der Waals surface area contributed by atoms with Gasteiger partial charge in [0.2, 0.25) is 0 Å². The standard InChI is InChI=1S/C16H21NOS/c1-11-5-6-14(16(18-4)12(11)2)15(17-3)9-13-7-8-19-10-13/h5-8,10,15,17H,9H2,1-4H3. The van der Waals surface area contributed by atoms with E-state index in [9.17, 15) is 0 Å². The van der Waals surface area contributed by atoms with E-state index in [1.807, 2.05) is 7.05 Å². The molecule has 102 valence electrons. The SMILES string of the molecule is CNC(Cc1ccsc1)c1ccc(C)c(C)c1OC. The molecule has 0 amide bonds. The number of aryl methyl sites for hydroxylation is 1. The van der Waals surface area contributed by atoms with Crippen LogP contribution in [-0.4, -0.2) is 14.2 Å². The van der Waals surface area contributed by atoms with Gasteiger partial charge in [-0.25, -0.2) is 0 Å². The Morgan fingerprint density at radius 2 is 2.05 bits per heavy atom. The number of hydrogen-bond donors (Lipinski definition) is 1. The van der Waals surface area contributed by atoms with Crippen molar-refractivity contribution in [3.05, 3.63) is 51.2 Å². The molecule has 1 aromatic carbocycles. The lowest BCUT2D eigenvalue weighted by molar-refractivity contribution is 0.397. The Morgan fingerprint density at radius 3 is 2.63 bits per heavy atom. The lowest BCUT2D eigenvalue weighted by atomic mass is 9.95. The van der Waals surface area contributed by atoms with Gasteiger partial charge < -0.3 is 10.1 Å². The fourth-order valence-electron chi connectivity index (χ4n) is 2.37. The Labute approximate surface area is 119 Å². The monoisotopic (exact) mass is 275 g/mol. The summed E-state index contributed by atoms with van der Waals surface area (Å²) in [4.78, 5) is 0. The predicted octanol–water partition coefficient (Wildman–Crippen LogP) is 3.88. The van der Waals surface area contributed by atoms with E-state index in [4.69, 9.17) is 4.74 Å². The zero-order chi connectivity index (χ0) is 13.8. The Bertz CT molecular complexity index is 534. The molecule has 1 N–H and O–H groups in total. The number of benzene rings is 1. The van der Waals surface area contributed by atoms with Crippen LogP contribution in [0.25, 0.3) is 0 Å². The van der Waals surface area contributed by atoms with Gasteiger partial charge in [-0.2, -0.15) is 11.3 Å². The molecule has 1 heterocycles. The van der Waals surface area contributed by atoms with E-state index in [0.29, 0.717) is 0 Å². The number of nitrogens with one attached hydrogen (secondary N) is 1. The Hall–Kier alpha value is -1.32. The van der Waals surface area contributed by atoms with Crippen LogP contribution in [0.2, 0.25) is 0 Å². The van der Waals surface area contributed by atoms with Gasteiger partial charge in [-0.1, -0.05) is 12.1 Å². The van der Waals surface area contributed by atoms with Crippen LogP contribution >= 0.6 is 11.3 Å². The Kier molecular flexibility index (Phi) is 4.61. The molecule has 0 saturated heterocycles. The van der Waals surface area contributed by atoms with Gasteiger partial charge in [0, 0.05) is 11.6 Å². The highest BCUT2D eigenvalue weighted by atomic mass is 32.1. The van der Waals surface area contributed by atoms with Gasteiger partial charge in [-0.05, 0) is 60.8 Å². The predicted molar refractivity (Wildman–Crippen MR) is 82.3 cm³/mol. The number of ether oxygens (including phenoxy) is 1. The second-order valence-electron chi connectivity index (χ2n) is 4.81. The summed E-state index contributed by atoms with van der Waals surface area (Å²) in [6.07, 6.45) is 0.985. The summed E-state index contributed by atoms with van der Waals surface area (Å²) in [6, 6.07) is 6.81. The summed E-state index contributed by atoms with van der Waals surface area (Å²) in [7, 11) is 3.76. The maximum absolute atomic E-state index is 5.62. The summed E-state index contributed by atoms with van der Waals surface area (Å²) in [6.45, 7) is 4.24. The molecule has 0 aliphatic heterocycles. The molecule has 19 heavy (non-hydrogen) atoms. The largest absolute Gasteiger partial charge is 0.496 e. The zero-order valence-electron chi connectivity index (χ0n) is 12.0. The quantitative estimate of drug-likeness (QED) is 0.894. The van der Waals surface area contributed by atoms with Crippen molar-refractivity contribution in [1.29, 1.82) is 0 Å². The highest BCUT2D eigenvalue weighted by Crippen LogP contribution is 2.32. The van der Waals surface area contributed by atoms with Crippen LogP contribution in [-0.2, 0) is 6.42 Å². The van der Waals surface area contributed by atoms with Crippen LogP contribution in [0.1, 0.15) is 28.3 Å². The highest BCUT2D eigenvalue weighted by Gasteiger charge is 2.17. The minimum absolute atomic E-state index is 0.281. The first-order chi connectivity index (χ1) is 9.17. The van der Waals surface area contributed by atoms with E-state index in [-0.39, 0.29) is 6.04 Å². The molecule has 0 aliphatic rings. The fourth-order valence-corrected chi connectivity index (χ4v) is 3.05. The second kappa shape index (κ2) is 6.22. The van der Waals surface area contributed by atoms with Crippen molar-refractivity contribution in [1.82, 2.24) is 5.32 Å². The third-order valence-electron chi connectivity index (χ3n) is 3.66. The molecular weight excluding hydrogens is 254 g/mol. The van der Waals surface area contributed by atoms with Gasteiger partial charge in [-0.15, -0.1) is 0 Å². The molecule has 2 rings (SSSR count). The average Bonchev–Trinajstić information content (AvgIpc) is 2.92. The van der Waals surface area contributed by atoms with Crippen LogP contribution in [0.5, 0.6) is 5.75 Å². The topological polar surface area (TPSA) is 21.3 Å². The third-order valence-corrected chi connectivity index (χ3v) is 4.39. The molecule has 0 aliphatic carbocycles. The molecule has 3 heteroatoms. The fraction of sp³-hybridized carbons (Fsp3) is 0.375. The molecule has 1 aromatic heterocycles. The Balaban J connectivity index is 2.35. The summed E-state index contributed by atoms with van der Waals surface area (Å²) in [5.74, 6) is 1.01. The van der Waals surface area contributed by atoms with Crippen LogP contribution in [0.15, 0.2) is 29.0 Å². The van der Waals surface area contributed by atoms with Crippen molar-refractivity contribution in [2.24, 2.45) is 0 Å². The van der Waals surface area contributed by atoms with Crippen LogP contribution < -0.4 is 10.1 Å². The van der Waals surface area contributed by atoms with Crippen molar-refractivity contribution >= 4 is 11.3 Å². The van der Waals surface area contributed by atoms with E-state index < -0.39 is 0 Å². The molecule has 0 radical (unpaired) electrons. The van der Waals surface area contributed by atoms with Gasteiger partial charge in [-0.3, -0.25) is 0 Å². The minimum atomic E-state index is 0.281. The van der Waals surface area contributed by atoms with Gasteiger partial charge in [0.05, 0.1) is 7.11 Å². The lowest BCUT2D eigenvalue weighted by Gasteiger charge is -2.21. The summed E-state index contributed by atoms with van der Waals surface area (Å²) in [5, 5.41) is 7.73. The van der Waals surface area contributed by atoms with Crippen molar-refractivity contribution in [3.8, 4) is 5.75 Å². The number of hydrogen-bond acceptors (Lipinski definition) is 3. The van der Waals surface area contributed by atoms with Crippen LogP contribution in [0, 0.1) is 13.8 Å². The van der Waals surface area contributed by atoms with Crippen molar-refractivity contribution < 1.29 is 4.74 Å². The number of thiophene rings is 1. The van der Waals surface area contributed by atoms with E-state index in [1.54, 1.807) is 18.4 Å². The summed E-state index contributed by atoms with van der Waals surface area (Å²) in [5.41, 5.74) is 5.10. The van der Waals surface area contributed by atoms with Crippen molar-refractivity contribution in [2.45, 2.75) is 26.3 Å².